The molecule has 0 N–H and O–H groups in total. The summed E-state index contributed by atoms with van der Waals surface area (Å²) in [5.74, 6) is 0.912. The summed E-state index contributed by atoms with van der Waals surface area (Å²) < 4.78 is 0. The van der Waals surface area contributed by atoms with Crippen molar-refractivity contribution >= 4 is 5.78 Å². The van der Waals surface area contributed by atoms with E-state index >= 15 is 0 Å². The van der Waals surface area contributed by atoms with Crippen molar-refractivity contribution in [3.8, 4) is 0 Å². The topological polar surface area (TPSA) is 17.1 Å². The second-order valence-corrected chi connectivity index (χ2v) is 4.06. The van der Waals surface area contributed by atoms with Gasteiger partial charge >= 0.3 is 0 Å². The maximum absolute atomic E-state index is 10.9. The first kappa shape index (κ1) is 8.49. The van der Waals surface area contributed by atoms with E-state index in [1.54, 1.807) is 0 Å². The van der Waals surface area contributed by atoms with Gasteiger partial charge < -0.3 is 0 Å². The third-order valence-electron chi connectivity index (χ3n) is 2.66. The fourth-order valence-corrected chi connectivity index (χ4v) is 1.97. The van der Waals surface area contributed by atoms with Crippen LogP contribution in [-0.4, -0.2) is 5.78 Å². The Balaban J connectivity index is 2.25. The molecule has 0 bridgehead atoms. The third-order valence-corrected chi connectivity index (χ3v) is 2.66. The summed E-state index contributed by atoms with van der Waals surface area (Å²) in [7, 11) is 0. The number of benzene rings is 1. The number of carbonyl (C=O) groups excluding carboxylic acids is 1. The monoisotopic (exact) mass is 174 g/mol. The molecule has 0 unspecified atom stereocenters. The highest BCUT2D eigenvalue weighted by Gasteiger charge is 2.27. The van der Waals surface area contributed by atoms with Gasteiger partial charge in [-0.25, -0.2) is 0 Å². The van der Waals surface area contributed by atoms with Crippen molar-refractivity contribution in [2.24, 2.45) is 0 Å². The number of hydrogen-bond donors (Lipinski definition) is 0. The average molecular weight is 174 g/mol. The molecule has 0 heterocycles. The van der Waals surface area contributed by atoms with E-state index in [-0.39, 0.29) is 0 Å². The van der Waals surface area contributed by atoms with Crippen LogP contribution in [0.3, 0.4) is 0 Å². The molecule has 1 saturated carbocycles. The predicted octanol–water partition coefficient (Wildman–Crippen LogP) is 2.75. The van der Waals surface area contributed by atoms with Gasteiger partial charge in [-0.15, -0.1) is 0 Å². The largest absolute Gasteiger partial charge is 0.300 e. The number of hydrogen-bond acceptors (Lipinski definition) is 1. The highest BCUT2D eigenvalue weighted by Crippen LogP contribution is 2.34. The molecule has 1 aliphatic rings. The van der Waals surface area contributed by atoms with E-state index in [4.69, 9.17) is 0 Å². The van der Waals surface area contributed by atoms with Gasteiger partial charge in [-0.1, -0.05) is 29.3 Å². The third kappa shape index (κ3) is 1.64. The van der Waals surface area contributed by atoms with Crippen molar-refractivity contribution < 1.29 is 4.79 Å². The highest BCUT2D eigenvalue weighted by atomic mass is 16.1. The van der Waals surface area contributed by atoms with Gasteiger partial charge in [0.1, 0.15) is 5.78 Å². The molecule has 0 radical (unpaired) electrons. The van der Waals surface area contributed by atoms with Crippen LogP contribution in [0.4, 0.5) is 0 Å². The molecule has 0 aromatic heterocycles. The number of ketones is 1. The van der Waals surface area contributed by atoms with Crippen LogP contribution >= 0.6 is 0 Å². The Kier molecular flexibility index (Phi) is 1.95. The molecule has 13 heavy (non-hydrogen) atoms. The molecular weight excluding hydrogens is 160 g/mol. The van der Waals surface area contributed by atoms with E-state index in [0.717, 1.165) is 12.8 Å². The zero-order chi connectivity index (χ0) is 9.42. The van der Waals surface area contributed by atoms with Crippen molar-refractivity contribution in [2.75, 3.05) is 0 Å². The van der Waals surface area contributed by atoms with Crippen molar-refractivity contribution in [3.63, 3.8) is 0 Å². The van der Waals surface area contributed by atoms with Gasteiger partial charge in [0.25, 0.3) is 0 Å². The Morgan fingerprint density at radius 3 is 2.08 bits per heavy atom. The number of rotatable bonds is 1. The Hall–Kier alpha value is -1.11. The zero-order valence-electron chi connectivity index (χ0n) is 8.13. The quantitative estimate of drug-likeness (QED) is 0.639. The second-order valence-electron chi connectivity index (χ2n) is 4.06. The van der Waals surface area contributed by atoms with Gasteiger partial charge in [0.15, 0.2) is 0 Å². The molecule has 1 nitrogen and oxygen atoms in total. The van der Waals surface area contributed by atoms with E-state index < -0.39 is 0 Å². The second kappa shape index (κ2) is 2.99. The molecule has 1 heteroatoms. The lowest BCUT2D eigenvalue weighted by atomic mass is 9.78. The van der Waals surface area contributed by atoms with Gasteiger partial charge in [-0.05, 0) is 25.3 Å². The van der Waals surface area contributed by atoms with Crippen LogP contribution in [-0.2, 0) is 4.79 Å². The summed E-state index contributed by atoms with van der Waals surface area (Å²) in [4.78, 5) is 10.9. The van der Waals surface area contributed by atoms with E-state index in [9.17, 15) is 4.79 Å². The first-order valence-corrected chi connectivity index (χ1v) is 4.75. The summed E-state index contributed by atoms with van der Waals surface area (Å²) in [5.41, 5.74) is 3.95. The lowest BCUT2D eigenvalue weighted by Gasteiger charge is -2.25. The lowest BCUT2D eigenvalue weighted by Crippen LogP contribution is -2.21. The van der Waals surface area contributed by atoms with Gasteiger partial charge in [-0.2, -0.15) is 0 Å². The molecule has 0 saturated heterocycles. The molecule has 68 valence electrons. The Labute approximate surface area is 78.8 Å². The Bertz CT molecular complexity index is 324. The molecule has 1 aromatic carbocycles. The molecule has 1 fully saturated rings. The minimum absolute atomic E-state index is 0.407. The normalized spacial score (nSPS) is 17.2. The van der Waals surface area contributed by atoms with E-state index in [0.29, 0.717) is 11.7 Å². The number of carbonyl (C=O) groups is 1. The van der Waals surface area contributed by atoms with Crippen molar-refractivity contribution in [1.82, 2.24) is 0 Å². The summed E-state index contributed by atoms with van der Waals surface area (Å²) >= 11 is 0. The summed E-state index contributed by atoms with van der Waals surface area (Å²) in [6.07, 6.45) is 1.51. The van der Waals surface area contributed by atoms with Crippen molar-refractivity contribution in [3.05, 3.63) is 34.9 Å². The SMILES string of the molecule is Cc1cc(C)cc(C2CC(=O)C2)c1. The van der Waals surface area contributed by atoms with Crippen LogP contribution in [0, 0.1) is 13.8 Å². The molecule has 0 spiro atoms. The van der Waals surface area contributed by atoms with E-state index in [1.165, 1.54) is 16.7 Å². The van der Waals surface area contributed by atoms with Gasteiger partial charge in [-0.3, -0.25) is 4.79 Å². The minimum Gasteiger partial charge on any atom is -0.300 e. The molecule has 0 amide bonds. The highest BCUT2D eigenvalue weighted by molar-refractivity contribution is 5.86. The van der Waals surface area contributed by atoms with Gasteiger partial charge in [0.05, 0.1) is 0 Å². The average Bonchev–Trinajstić information content (AvgIpc) is 1.96. The Morgan fingerprint density at radius 2 is 1.62 bits per heavy atom. The van der Waals surface area contributed by atoms with Crippen LogP contribution in [0.15, 0.2) is 18.2 Å². The van der Waals surface area contributed by atoms with Crippen LogP contribution in [0.1, 0.15) is 35.4 Å². The van der Waals surface area contributed by atoms with Crippen molar-refractivity contribution in [1.29, 1.82) is 0 Å². The maximum atomic E-state index is 10.9. The molecule has 1 aromatic rings. The lowest BCUT2D eigenvalue weighted by molar-refractivity contribution is -0.124. The van der Waals surface area contributed by atoms with Crippen LogP contribution in [0.25, 0.3) is 0 Å². The van der Waals surface area contributed by atoms with Crippen LogP contribution in [0.5, 0.6) is 0 Å². The first-order chi connectivity index (χ1) is 6.15. The standard InChI is InChI=1S/C12H14O/c1-8-3-9(2)5-10(4-8)11-6-12(13)7-11/h3-5,11H,6-7H2,1-2H3. The van der Waals surface area contributed by atoms with E-state index in [2.05, 4.69) is 32.0 Å². The maximum Gasteiger partial charge on any atom is 0.134 e. The molecule has 1 aliphatic carbocycles. The number of Topliss-reactive ketones (excluding diaryl/α,β-unsaturated/α-hetero) is 1. The molecule has 0 aliphatic heterocycles. The van der Waals surface area contributed by atoms with Crippen LogP contribution in [0.2, 0.25) is 0 Å². The molecular formula is C12H14O. The first-order valence-electron chi connectivity index (χ1n) is 4.75. The van der Waals surface area contributed by atoms with Crippen LogP contribution < -0.4 is 0 Å². The van der Waals surface area contributed by atoms with Gasteiger partial charge in [0, 0.05) is 12.8 Å². The number of aryl methyl sites for hydroxylation is 2. The molecule has 0 atom stereocenters. The zero-order valence-corrected chi connectivity index (χ0v) is 8.13. The Morgan fingerprint density at radius 1 is 1.08 bits per heavy atom. The summed E-state index contributed by atoms with van der Waals surface area (Å²) in [6, 6.07) is 6.57. The summed E-state index contributed by atoms with van der Waals surface area (Å²) in [6.45, 7) is 4.22. The van der Waals surface area contributed by atoms with Crippen molar-refractivity contribution in [2.45, 2.75) is 32.6 Å². The predicted molar refractivity (Wildman–Crippen MR) is 52.9 cm³/mol. The van der Waals surface area contributed by atoms with E-state index in [1.807, 2.05) is 0 Å². The minimum atomic E-state index is 0.407. The smallest absolute Gasteiger partial charge is 0.134 e. The fraction of sp³-hybridized carbons (Fsp3) is 0.417. The van der Waals surface area contributed by atoms with Gasteiger partial charge in [0.2, 0.25) is 0 Å². The summed E-state index contributed by atoms with van der Waals surface area (Å²) in [5, 5.41) is 0. The molecule has 2 rings (SSSR count). The fourth-order valence-electron chi connectivity index (χ4n) is 1.97.